The molecule has 0 radical (unpaired) electrons. The van der Waals surface area contributed by atoms with E-state index >= 15 is 0 Å². The number of aryl methyl sites for hydroxylation is 1. The van der Waals surface area contributed by atoms with Gasteiger partial charge in [0.25, 0.3) is 10.0 Å². The first-order valence-electron chi connectivity index (χ1n) is 6.35. The molecule has 0 amide bonds. The van der Waals surface area contributed by atoms with Crippen LogP contribution in [0.15, 0.2) is 24.5 Å². The molecule has 1 atom stereocenters. The molecule has 2 heterocycles. The SMILES string of the molecule is Cc1nnc(C(CC(C)C)NS(=O)(=O)c2ccc(Br)s2)o1. The first kappa shape index (κ1) is 16.6. The van der Waals surface area contributed by atoms with Crippen molar-refractivity contribution < 1.29 is 12.8 Å². The molecule has 6 nitrogen and oxygen atoms in total. The third-order valence-corrected chi connectivity index (χ3v) is 6.24. The molecule has 9 heteroatoms. The summed E-state index contributed by atoms with van der Waals surface area (Å²) in [4.78, 5) is 0. The van der Waals surface area contributed by atoms with Crippen molar-refractivity contribution in [1.82, 2.24) is 14.9 Å². The molecule has 2 rings (SSSR count). The predicted octanol–water partition coefficient (Wildman–Crippen LogP) is 3.27. The van der Waals surface area contributed by atoms with Crippen molar-refractivity contribution in [1.29, 1.82) is 0 Å². The van der Waals surface area contributed by atoms with Crippen LogP contribution in [0.3, 0.4) is 0 Å². The zero-order valence-electron chi connectivity index (χ0n) is 11.8. The molecular weight excluding hydrogens is 378 g/mol. The Bertz CT molecular complexity index is 709. The number of nitrogens with one attached hydrogen (secondary N) is 1. The summed E-state index contributed by atoms with van der Waals surface area (Å²) in [5, 5.41) is 7.70. The summed E-state index contributed by atoms with van der Waals surface area (Å²) in [5.41, 5.74) is 0. The Kier molecular flexibility index (Phi) is 5.18. The van der Waals surface area contributed by atoms with Crippen LogP contribution in [-0.2, 0) is 10.0 Å². The van der Waals surface area contributed by atoms with Crippen molar-refractivity contribution in [3.8, 4) is 0 Å². The normalized spacial score (nSPS) is 13.8. The molecule has 1 unspecified atom stereocenters. The summed E-state index contributed by atoms with van der Waals surface area (Å²) in [6.07, 6.45) is 0.577. The molecule has 0 bridgehead atoms. The second kappa shape index (κ2) is 6.55. The van der Waals surface area contributed by atoms with Gasteiger partial charge in [0.1, 0.15) is 10.3 Å². The van der Waals surface area contributed by atoms with Crippen LogP contribution in [0.4, 0.5) is 0 Å². The number of sulfonamides is 1. The molecule has 2 aromatic rings. The van der Waals surface area contributed by atoms with Crippen molar-refractivity contribution >= 4 is 37.3 Å². The summed E-state index contributed by atoms with van der Waals surface area (Å²) in [5.74, 6) is 0.984. The molecule has 0 aliphatic rings. The van der Waals surface area contributed by atoms with Gasteiger partial charge in [0.2, 0.25) is 11.8 Å². The lowest BCUT2D eigenvalue weighted by Gasteiger charge is -2.16. The minimum absolute atomic E-state index is 0.249. The van der Waals surface area contributed by atoms with E-state index < -0.39 is 16.1 Å². The molecule has 116 valence electrons. The van der Waals surface area contributed by atoms with Crippen LogP contribution in [0, 0.1) is 12.8 Å². The first-order valence-corrected chi connectivity index (χ1v) is 9.45. The predicted molar refractivity (Wildman–Crippen MR) is 83.6 cm³/mol. The third-order valence-electron chi connectivity index (χ3n) is 2.66. The van der Waals surface area contributed by atoms with E-state index in [1.54, 1.807) is 19.1 Å². The summed E-state index contributed by atoms with van der Waals surface area (Å²) in [6.45, 7) is 5.69. The van der Waals surface area contributed by atoms with E-state index in [1.807, 2.05) is 13.8 Å². The molecule has 0 saturated carbocycles. The number of halogens is 1. The number of hydrogen-bond acceptors (Lipinski definition) is 6. The Morgan fingerprint density at radius 1 is 1.38 bits per heavy atom. The maximum atomic E-state index is 12.4. The topological polar surface area (TPSA) is 85.1 Å². The Morgan fingerprint density at radius 2 is 2.10 bits per heavy atom. The minimum Gasteiger partial charge on any atom is -0.424 e. The van der Waals surface area contributed by atoms with E-state index in [0.717, 1.165) is 15.1 Å². The summed E-state index contributed by atoms with van der Waals surface area (Å²) in [7, 11) is -3.61. The average molecular weight is 394 g/mol. The van der Waals surface area contributed by atoms with Gasteiger partial charge in [-0.2, -0.15) is 4.72 Å². The first-order chi connectivity index (χ1) is 9.78. The van der Waals surface area contributed by atoms with Crippen LogP contribution in [0.2, 0.25) is 0 Å². The van der Waals surface area contributed by atoms with Crippen molar-refractivity contribution in [2.45, 2.75) is 37.4 Å². The molecule has 0 saturated heterocycles. The molecule has 21 heavy (non-hydrogen) atoms. The molecule has 1 N–H and O–H groups in total. The highest BCUT2D eigenvalue weighted by molar-refractivity contribution is 9.11. The van der Waals surface area contributed by atoms with Crippen molar-refractivity contribution in [2.24, 2.45) is 5.92 Å². The van der Waals surface area contributed by atoms with Gasteiger partial charge in [-0.3, -0.25) is 0 Å². The van der Waals surface area contributed by atoms with E-state index in [2.05, 4.69) is 30.8 Å². The Hall–Kier alpha value is -0.770. The molecule has 0 aliphatic carbocycles. The van der Waals surface area contributed by atoms with Crippen LogP contribution >= 0.6 is 27.3 Å². The number of nitrogens with zero attached hydrogens (tertiary/aromatic N) is 2. The Balaban J connectivity index is 2.26. The lowest BCUT2D eigenvalue weighted by molar-refractivity contribution is 0.372. The van der Waals surface area contributed by atoms with Gasteiger partial charge in [-0.15, -0.1) is 21.5 Å². The van der Waals surface area contributed by atoms with Crippen molar-refractivity contribution in [3.05, 3.63) is 27.7 Å². The van der Waals surface area contributed by atoms with Crippen LogP contribution in [-0.4, -0.2) is 18.6 Å². The highest BCUT2D eigenvalue weighted by Crippen LogP contribution is 2.28. The fourth-order valence-electron chi connectivity index (χ4n) is 1.81. The molecular formula is C12H16BrN3O3S2. The van der Waals surface area contributed by atoms with Crippen molar-refractivity contribution in [3.63, 3.8) is 0 Å². The quantitative estimate of drug-likeness (QED) is 0.813. The molecule has 0 spiro atoms. The minimum atomic E-state index is -3.61. The van der Waals surface area contributed by atoms with Crippen LogP contribution in [0.1, 0.15) is 38.1 Å². The summed E-state index contributed by atoms with van der Waals surface area (Å²) < 4.78 is 33.9. The van der Waals surface area contributed by atoms with Gasteiger partial charge in [-0.1, -0.05) is 13.8 Å². The second-order valence-corrected chi connectivity index (χ2v) is 9.43. The standard InChI is InChI=1S/C12H16BrN3O3S2/c1-7(2)6-9(12-15-14-8(3)19-12)16-21(17,18)11-5-4-10(13)20-11/h4-5,7,9,16H,6H2,1-3H3. The largest absolute Gasteiger partial charge is 0.424 e. The van der Waals surface area contributed by atoms with E-state index in [-0.39, 0.29) is 10.1 Å². The maximum absolute atomic E-state index is 12.4. The zero-order valence-corrected chi connectivity index (χ0v) is 15.0. The second-order valence-electron chi connectivity index (χ2n) is 5.02. The molecule has 0 aliphatic heterocycles. The Labute approximate surface area is 136 Å². The maximum Gasteiger partial charge on any atom is 0.250 e. The average Bonchev–Trinajstić information content (AvgIpc) is 2.96. The third kappa shape index (κ3) is 4.35. The van der Waals surface area contributed by atoms with Gasteiger partial charge >= 0.3 is 0 Å². The summed E-state index contributed by atoms with van der Waals surface area (Å²) >= 11 is 4.42. The van der Waals surface area contributed by atoms with Gasteiger partial charge in [0.15, 0.2) is 0 Å². The zero-order chi connectivity index (χ0) is 15.6. The fourth-order valence-corrected chi connectivity index (χ4v) is 5.04. The summed E-state index contributed by atoms with van der Waals surface area (Å²) in [6, 6.07) is 2.73. The van der Waals surface area contributed by atoms with Gasteiger partial charge < -0.3 is 4.42 Å². The monoisotopic (exact) mass is 393 g/mol. The van der Waals surface area contributed by atoms with Gasteiger partial charge in [-0.25, -0.2) is 8.42 Å². The Morgan fingerprint density at radius 3 is 2.57 bits per heavy atom. The van der Waals surface area contributed by atoms with Gasteiger partial charge in [-0.05, 0) is 40.4 Å². The number of thiophene rings is 1. The highest BCUT2D eigenvalue weighted by Gasteiger charge is 2.27. The lowest BCUT2D eigenvalue weighted by Crippen LogP contribution is -2.29. The van der Waals surface area contributed by atoms with Crippen molar-refractivity contribution in [2.75, 3.05) is 0 Å². The van der Waals surface area contributed by atoms with Gasteiger partial charge in [0.05, 0.1) is 3.79 Å². The van der Waals surface area contributed by atoms with E-state index in [4.69, 9.17) is 4.42 Å². The molecule has 2 aromatic heterocycles. The van der Waals surface area contributed by atoms with E-state index in [0.29, 0.717) is 18.2 Å². The highest BCUT2D eigenvalue weighted by atomic mass is 79.9. The van der Waals surface area contributed by atoms with E-state index in [1.165, 1.54) is 0 Å². The number of aromatic nitrogens is 2. The van der Waals surface area contributed by atoms with E-state index in [9.17, 15) is 8.42 Å². The molecule has 0 fully saturated rings. The van der Waals surface area contributed by atoms with Crippen LogP contribution in [0.5, 0.6) is 0 Å². The number of hydrogen-bond donors (Lipinski definition) is 1. The number of rotatable bonds is 6. The molecule has 0 aromatic carbocycles. The van der Waals surface area contributed by atoms with Crippen LogP contribution < -0.4 is 4.72 Å². The van der Waals surface area contributed by atoms with Crippen LogP contribution in [0.25, 0.3) is 0 Å². The fraction of sp³-hybridized carbons (Fsp3) is 0.500. The lowest BCUT2D eigenvalue weighted by atomic mass is 10.0. The smallest absolute Gasteiger partial charge is 0.250 e. The van der Waals surface area contributed by atoms with Gasteiger partial charge in [0, 0.05) is 6.92 Å².